The number of hydrogen-bond donors (Lipinski definition) is 1. The number of nitrogens with zero attached hydrogens (tertiary/aromatic N) is 3. The molecule has 1 N–H and O–H groups in total. The van der Waals surface area contributed by atoms with Crippen LogP contribution in [0, 0.1) is 17.2 Å². The molecule has 0 aliphatic heterocycles. The molecule has 19 heavy (non-hydrogen) atoms. The van der Waals surface area contributed by atoms with E-state index in [2.05, 4.69) is 9.97 Å². The maximum atomic E-state index is 10.7. The zero-order chi connectivity index (χ0) is 13.8. The van der Waals surface area contributed by atoms with Crippen LogP contribution in [0.1, 0.15) is 34.2 Å². The van der Waals surface area contributed by atoms with Crippen molar-refractivity contribution in [1.82, 2.24) is 9.97 Å². The average molecular weight is 252 g/mol. The van der Waals surface area contributed by atoms with Gasteiger partial charge in [-0.2, -0.15) is 5.26 Å². The van der Waals surface area contributed by atoms with E-state index in [0.717, 1.165) is 17.0 Å². The molecule has 2 aromatic rings. The van der Waals surface area contributed by atoms with E-state index < -0.39 is 5.97 Å². The minimum atomic E-state index is -1.05. The number of aromatic carboxylic acids is 1. The van der Waals surface area contributed by atoms with Gasteiger partial charge in [-0.05, 0) is 23.3 Å². The fourth-order valence-corrected chi connectivity index (χ4v) is 1.59. The zero-order valence-electron chi connectivity index (χ0n) is 10.2. The van der Waals surface area contributed by atoms with Crippen LogP contribution in [0.15, 0.2) is 36.7 Å². The van der Waals surface area contributed by atoms with Crippen molar-refractivity contribution in [3.8, 4) is 6.07 Å². The lowest BCUT2D eigenvalue weighted by Crippen LogP contribution is -2.03. The highest BCUT2D eigenvalue weighted by molar-refractivity contribution is 5.85. The first kappa shape index (κ1) is 12.7. The highest BCUT2D eigenvalue weighted by Gasteiger charge is 2.12. The van der Waals surface area contributed by atoms with Gasteiger partial charge >= 0.3 is 5.97 Å². The normalized spacial score (nSPS) is 10.2. The summed E-state index contributed by atoms with van der Waals surface area (Å²) in [5.41, 5.74) is 2.05. The van der Waals surface area contributed by atoms with Crippen molar-refractivity contribution in [3.05, 3.63) is 65.1 Å². The van der Waals surface area contributed by atoms with Crippen molar-refractivity contribution in [3.63, 3.8) is 0 Å². The van der Waals surface area contributed by atoms with Crippen LogP contribution in [0.25, 0.3) is 0 Å². The highest BCUT2D eigenvalue weighted by Crippen LogP contribution is 2.21. The Kier molecular flexibility index (Phi) is 3.53. The summed E-state index contributed by atoms with van der Waals surface area (Å²) in [5.74, 6) is -0.134. The number of aromatic nitrogens is 2. The van der Waals surface area contributed by atoms with Crippen molar-refractivity contribution >= 4 is 5.97 Å². The van der Waals surface area contributed by atoms with E-state index in [1.165, 1.54) is 12.3 Å². The number of carboxylic acid groups (broad SMARTS) is 1. The fraction of sp³-hybridized carbons (Fsp3) is 0.0714. The number of rotatable bonds is 3. The third-order valence-corrected chi connectivity index (χ3v) is 2.73. The molecule has 0 aliphatic rings. The summed E-state index contributed by atoms with van der Waals surface area (Å²) in [7, 11) is 0. The molecule has 0 bridgehead atoms. The summed E-state index contributed by atoms with van der Waals surface area (Å²) in [6, 6.07) is 8.54. The third-order valence-electron chi connectivity index (χ3n) is 2.73. The first-order chi connectivity index (χ1) is 9.11. The Balaban J connectivity index is 2.25. The molecule has 2 aromatic heterocycles. The Morgan fingerprint density at radius 1 is 1.16 bits per heavy atom. The van der Waals surface area contributed by atoms with Crippen LogP contribution < -0.4 is 0 Å². The summed E-state index contributed by atoms with van der Waals surface area (Å²) in [6.07, 6.45) is 3.12. The van der Waals surface area contributed by atoms with Gasteiger partial charge in [0.15, 0.2) is 0 Å². The van der Waals surface area contributed by atoms with E-state index in [4.69, 9.17) is 10.4 Å². The van der Waals surface area contributed by atoms with Gasteiger partial charge in [-0.1, -0.05) is 19.1 Å². The van der Waals surface area contributed by atoms with Gasteiger partial charge in [-0.25, -0.2) is 14.8 Å². The second-order valence-corrected chi connectivity index (χ2v) is 3.91. The standard InChI is InChI=1S/C14H10N3O2/c1-9(10-2-4-12(6-15)16-7-10)11-3-5-13(14(18)19)17-8-11/h2-5,7-8H,1H3,(H,18,19). The van der Waals surface area contributed by atoms with Gasteiger partial charge in [0.25, 0.3) is 0 Å². The molecule has 93 valence electrons. The maximum Gasteiger partial charge on any atom is 0.354 e. The van der Waals surface area contributed by atoms with Crippen LogP contribution in [0.4, 0.5) is 0 Å². The molecule has 0 aliphatic carbocycles. The topological polar surface area (TPSA) is 86.9 Å². The van der Waals surface area contributed by atoms with Gasteiger partial charge in [0.1, 0.15) is 17.5 Å². The molecule has 5 heteroatoms. The molecule has 0 amide bonds. The van der Waals surface area contributed by atoms with Crippen LogP contribution >= 0.6 is 0 Å². The molecule has 5 nitrogen and oxygen atoms in total. The summed E-state index contributed by atoms with van der Waals surface area (Å²) >= 11 is 0. The largest absolute Gasteiger partial charge is 0.477 e. The van der Waals surface area contributed by atoms with Gasteiger partial charge in [0.05, 0.1) is 0 Å². The molecule has 0 saturated carbocycles. The molecule has 2 rings (SSSR count). The van der Waals surface area contributed by atoms with E-state index in [1.54, 1.807) is 24.4 Å². The van der Waals surface area contributed by atoms with Gasteiger partial charge in [-0.3, -0.25) is 0 Å². The first-order valence-corrected chi connectivity index (χ1v) is 5.51. The average Bonchev–Trinajstić information content (AvgIpc) is 2.46. The van der Waals surface area contributed by atoms with Crippen molar-refractivity contribution in [2.75, 3.05) is 0 Å². The smallest absolute Gasteiger partial charge is 0.354 e. The summed E-state index contributed by atoms with van der Waals surface area (Å²) in [4.78, 5) is 18.6. The molecule has 2 heterocycles. The maximum absolute atomic E-state index is 10.7. The predicted molar refractivity (Wildman–Crippen MR) is 67.3 cm³/mol. The van der Waals surface area contributed by atoms with Gasteiger partial charge < -0.3 is 5.11 Å². The molecule has 0 unspecified atom stereocenters. The van der Waals surface area contributed by atoms with E-state index in [9.17, 15) is 4.79 Å². The Labute approximate surface area is 110 Å². The zero-order valence-corrected chi connectivity index (χ0v) is 10.2. The molecule has 1 radical (unpaired) electrons. The van der Waals surface area contributed by atoms with E-state index in [-0.39, 0.29) is 5.69 Å². The van der Waals surface area contributed by atoms with Crippen LogP contribution in [-0.2, 0) is 0 Å². The molecule has 0 saturated heterocycles. The minimum absolute atomic E-state index is 0.00880. The SMILES string of the molecule is C[C](c1ccc(C#N)nc1)c1ccc(C(=O)O)nc1. The molecule has 0 spiro atoms. The molecular formula is C14H10N3O2. The number of carbonyl (C=O) groups is 1. The second kappa shape index (κ2) is 5.27. The molecular weight excluding hydrogens is 242 g/mol. The summed E-state index contributed by atoms with van der Waals surface area (Å²) in [5, 5.41) is 17.5. The lowest BCUT2D eigenvalue weighted by molar-refractivity contribution is 0.0690. The Morgan fingerprint density at radius 3 is 2.21 bits per heavy atom. The van der Waals surface area contributed by atoms with Crippen LogP contribution in [0.3, 0.4) is 0 Å². The van der Waals surface area contributed by atoms with Gasteiger partial charge in [-0.15, -0.1) is 0 Å². The second-order valence-electron chi connectivity index (χ2n) is 3.91. The quantitative estimate of drug-likeness (QED) is 0.903. The third kappa shape index (κ3) is 2.75. The summed E-state index contributed by atoms with van der Waals surface area (Å²) in [6.45, 7) is 1.89. The Hall–Kier alpha value is -2.74. The van der Waals surface area contributed by atoms with E-state index in [1.807, 2.05) is 13.0 Å². The molecule has 0 aromatic carbocycles. The van der Waals surface area contributed by atoms with Gasteiger partial charge in [0, 0.05) is 18.3 Å². The number of nitriles is 1. The van der Waals surface area contributed by atoms with Crippen molar-refractivity contribution in [2.45, 2.75) is 6.92 Å². The lowest BCUT2D eigenvalue weighted by Gasteiger charge is -2.10. The Bertz CT molecular complexity index is 627. The van der Waals surface area contributed by atoms with Crippen molar-refractivity contribution in [2.24, 2.45) is 0 Å². The van der Waals surface area contributed by atoms with Crippen LogP contribution in [-0.4, -0.2) is 21.0 Å². The summed E-state index contributed by atoms with van der Waals surface area (Å²) < 4.78 is 0. The van der Waals surface area contributed by atoms with E-state index >= 15 is 0 Å². The molecule has 0 atom stereocenters. The minimum Gasteiger partial charge on any atom is -0.477 e. The van der Waals surface area contributed by atoms with Crippen LogP contribution in [0.2, 0.25) is 0 Å². The van der Waals surface area contributed by atoms with Gasteiger partial charge in [0.2, 0.25) is 0 Å². The molecule has 0 fully saturated rings. The van der Waals surface area contributed by atoms with Crippen LogP contribution in [0.5, 0.6) is 0 Å². The lowest BCUT2D eigenvalue weighted by atomic mass is 9.95. The number of carboxylic acids is 1. The number of pyridine rings is 2. The van der Waals surface area contributed by atoms with Crippen molar-refractivity contribution in [1.29, 1.82) is 5.26 Å². The predicted octanol–water partition coefficient (Wildman–Crippen LogP) is 2.04. The monoisotopic (exact) mass is 252 g/mol. The van der Waals surface area contributed by atoms with E-state index in [0.29, 0.717) is 5.69 Å². The highest BCUT2D eigenvalue weighted by atomic mass is 16.4. The number of hydrogen-bond acceptors (Lipinski definition) is 4. The Morgan fingerprint density at radius 2 is 1.79 bits per heavy atom. The van der Waals surface area contributed by atoms with Crippen molar-refractivity contribution < 1.29 is 9.90 Å². The first-order valence-electron chi connectivity index (χ1n) is 5.51. The fourth-order valence-electron chi connectivity index (χ4n) is 1.59.